The summed E-state index contributed by atoms with van der Waals surface area (Å²) < 4.78 is 5.19. The minimum atomic E-state index is -0.661. The molecule has 0 aromatic carbocycles. The number of rotatable bonds is 0. The monoisotopic (exact) mass is 145 g/mol. The second-order valence-electron chi connectivity index (χ2n) is 3.29. The van der Waals surface area contributed by atoms with Gasteiger partial charge < -0.3 is 14.7 Å². The molecule has 0 unspecified atom stereocenters. The Labute approximate surface area is 61.6 Å². The summed E-state index contributed by atoms with van der Waals surface area (Å²) in [5, 5.41) is 9.56. The van der Waals surface area contributed by atoms with E-state index in [-0.39, 0.29) is 0 Å². The van der Waals surface area contributed by atoms with E-state index in [4.69, 9.17) is 4.74 Å². The molecule has 0 aromatic rings. The number of likely N-dealkylation sites (N-methyl/N-ethyl adjacent to an activating group) is 1. The lowest BCUT2D eigenvalue weighted by Gasteiger charge is -2.23. The molecule has 3 heteroatoms. The Hall–Kier alpha value is -0.120. The SMILES string of the molecule is CN1CCOC[C@](C)(O)C1. The summed E-state index contributed by atoms with van der Waals surface area (Å²) in [6.45, 7) is 4.60. The van der Waals surface area contributed by atoms with Crippen molar-refractivity contribution in [3.63, 3.8) is 0 Å². The van der Waals surface area contributed by atoms with Crippen LogP contribution in [0.15, 0.2) is 0 Å². The van der Waals surface area contributed by atoms with Crippen molar-refractivity contribution in [3.05, 3.63) is 0 Å². The second kappa shape index (κ2) is 2.86. The van der Waals surface area contributed by atoms with Crippen LogP contribution in [0.5, 0.6) is 0 Å². The molecule has 10 heavy (non-hydrogen) atoms. The molecule has 0 bridgehead atoms. The van der Waals surface area contributed by atoms with Crippen LogP contribution in [0.25, 0.3) is 0 Å². The van der Waals surface area contributed by atoms with Gasteiger partial charge >= 0.3 is 0 Å². The van der Waals surface area contributed by atoms with E-state index in [0.29, 0.717) is 13.2 Å². The summed E-state index contributed by atoms with van der Waals surface area (Å²) in [4.78, 5) is 2.08. The van der Waals surface area contributed by atoms with E-state index in [1.165, 1.54) is 0 Å². The van der Waals surface area contributed by atoms with E-state index in [1.54, 1.807) is 6.92 Å². The molecule has 1 rings (SSSR count). The van der Waals surface area contributed by atoms with Crippen LogP contribution in [0.2, 0.25) is 0 Å². The van der Waals surface area contributed by atoms with Gasteiger partial charge in [0.2, 0.25) is 0 Å². The molecule has 1 fully saturated rings. The van der Waals surface area contributed by atoms with Crippen LogP contribution >= 0.6 is 0 Å². The zero-order valence-corrected chi connectivity index (χ0v) is 6.63. The van der Waals surface area contributed by atoms with Gasteiger partial charge in [-0.2, -0.15) is 0 Å². The first-order chi connectivity index (χ1) is 4.60. The summed E-state index contributed by atoms with van der Waals surface area (Å²) >= 11 is 0. The molecule has 60 valence electrons. The maximum atomic E-state index is 9.56. The van der Waals surface area contributed by atoms with Gasteiger partial charge in [-0.05, 0) is 14.0 Å². The molecule has 0 radical (unpaired) electrons. The average Bonchev–Trinajstić information content (AvgIpc) is 1.90. The van der Waals surface area contributed by atoms with Gasteiger partial charge in [0.15, 0.2) is 0 Å². The molecule has 3 nitrogen and oxygen atoms in total. The Kier molecular flexibility index (Phi) is 2.28. The fourth-order valence-corrected chi connectivity index (χ4v) is 1.22. The minimum Gasteiger partial charge on any atom is -0.386 e. The van der Waals surface area contributed by atoms with Gasteiger partial charge in [0, 0.05) is 13.1 Å². The number of hydrogen-bond donors (Lipinski definition) is 1. The highest BCUT2D eigenvalue weighted by Crippen LogP contribution is 2.08. The zero-order valence-electron chi connectivity index (χ0n) is 6.63. The third-order valence-electron chi connectivity index (χ3n) is 1.64. The van der Waals surface area contributed by atoms with Gasteiger partial charge in [-0.15, -0.1) is 0 Å². The third kappa shape index (κ3) is 2.25. The van der Waals surface area contributed by atoms with Crippen LogP contribution < -0.4 is 0 Å². The highest BCUT2D eigenvalue weighted by Gasteiger charge is 2.24. The molecule has 0 aliphatic carbocycles. The highest BCUT2D eigenvalue weighted by atomic mass is 16.5. The van der Waals surface area contributed by atoms with Gasteiger partial charge in [0.1, 0.15) is 0 Å². The van der Waals surface area contributed by atoms with Crippen molar-refractivity contribution in [2.24, 2.45) is 0 Å². The van der Waals surface area contributed by atoms with Crippen molar-refractivity contribution >= 4 is 0 Å². The zero-order chi connectivity index (χ0) is 7.61. The number of nitrogens with zero attached hydrogens (tertiary/aromatic N) is 1. The molecular formula is C7H15NO2. The average molecular weight is 145 g/mol. The van der Waals surface area contributed by atoms with Crippen LogP contribution in [0.1, 0.15) is 6.92 Å². The summed E-state index contributed by atoms with van der Waals surface area (Å²) in [5.41, 5.74) is -0.661. The summed E-state index contributed by atoms with van der Waals surface area (Å²) in [6.07, 6.45) is 0. The van der Waals surface area contributed by atoms with E-state index < -0.39 is 5.60 Å². The van der Waals surface area contributed by atoms with Gasteiger partial charge in [-0.25, -0.2) is 0 Å². The van der Waals surface area contributed by atoms with Crippen LogP contribution in [0.3, 0.4) is 0 Å². The van der Waals surface area contributed by atoms with E-state index in [9.17, 15) is 5.11 Å². The quantitative estimate of drug-likeness (QED) is 0.508. The van der Waals surface area contributed by atoms with Crippen molar-refractivity contribution < 1.29 is 9.84 Å². The van der Waals surface area contributed by atoms with Gasteiger partial charge in [-0.1, -0.05) is 0 Å². The maximum Gasteiger partial charge on any atom is 0.0978 e. The number of β-amino-alcohol motifs (C(OH)–C–C–N with tert-alkyl or cyclic N) is 1. The number of ether oxygens (including phenoxy) is 1. The maximum absolute atomic E-state index is 9.56. The first-order valence-corrected chi connectivity index (χ1v) is 3.59. The molecule has 0 amide bonds. The first-order valence-electron chi connectivity index (χ1n) is 3.59. The Morgan fingerprint density at radius 3 is 3.00 bits per heavy atom. The van der Waals surface area contributed by atoms with E-state index in [1.807, 2.05) is 7.05 Å². The van der Waals surface area contributed by atoms with Crippen LogP contribution in [0.4, 0.5) is 0 Å². The predicted octanol–water partition coefficient (Wildman–Crippen LogP) is -0.301. The number of hydrogen-bond acceptors (Lipinski definition) is 3. The molecule has 1 aliphatic rings. The standard InChI is InChI=1S/C7H15NO2/c1-7(9)5-8(2)3-4-10-6-7/h9H,3-6H2,1-2H3/t7-/m1/s1. The first kappa shape index (κ1) is 7.98. The van der Waals surface area contributed by atoms with Crippen LogP contribution in [-0.4, -0.2) is 49.0 Å². The van der Waals surface area contributed by atoms with Crippen molar-refractivity contribution in [2.45, 2.75) is 12.5 Å². The summed E-state index contributed by atoms with van der Waals surface area (Å²) in [5.74, 6) is 0. The van der Waals surface area contributed by atoms with Crippen molar-refractivity contribution in [3.8, 4) is 0 Å². The van der Waals surface area contributed by atoms with Crippen molar-refractivity contribution in [1.82, 2.24) is 4.90 Å². The Morgan fingerprint density at radius 1 is 1.60 bits per heavy atom. The summed E-state index contributed by atoms with van der Waals surface area (Å²) in [7, 11) is 1.99. The Morgan fingerprint density at radius 2 is 2.30 bits per heavy atom. The van der Waals surface area contributed by atoms with Crippen LogP contribution in [0, 0.1) is 0 Å². The highest BCUT2D eigenvalue weighted by molar-refractivity contribution is 4.77. The normalized spacial score (nSPS) is 37.5. The molecule has 1 aliphatic heterocycles. The van der Waals surface area contributed by atoms with Gasteiger partial charge in [0.05, 0.1) is 18.8 Å². The fourth-order valence-electron chi connectivity index (χ4n) is 1.22. The topological polar surface area (TPSA) is 32.7 Å². The Balaban J connectivity index is 2.46. The third-order valence-corrected chi connectivity index (χ3v) is 1.64. The Bertz CT molecular complexity index is 114. The fraction of sp³-hybridized carbons (Fsp3) is 1.00. The lowest BCUT2D eigenvalue weighted by Crippen LogP contribution is -2.39. The molecule has 0 aromatic heterocycles. The van der Waals surface area contributed by atoms with E-state index >= 15 is 0 Å². The predicted molar refractivity (Wildman–Crippen MR) is 38.9 cm³/mol. The number of aliphatic hydroxyl groups is 1. The van der Waals surface area contributed by atoms with Gasteiger partial charge in [-0.3, -0.25) is 0 Å². The second-order valence-corrected chi connectivity index (χ2v) is 3.29. The van der Waals surface area contributed by atoms with Crippen molar-refractivity contribution in [2.75, 3.05) is 33.4 Å². The largest absolute Gasteiger partial charge is 0.386 e. The molecular weight excluding hydrogens is 130 g/mol. The smallest absolute Gasteiger partial charge is 0.0978 e. The lowest BCUT2D eigenvalue weighted by molar-refractivity contribution is -0.0202. The molecule has 1 saturated heterocycles. The van der Waals surface area contributed by atoms with Gasteiger partial charge in [0.25, 0.3) is 0 Å². The molecule has 1 heterocycles. The minimum absolute atomic E-state index is 0.456. The molecule has 0 spiro atoms. The van der Waals surface area contributed by atoms with E-state index in [0.717, 1.165) is 13.2 Å². The lowest BCUT2D eigenvalue weighted by atomic mass is 10.1. The molecule has 1 atom stereocenters. The summed E-state index contributed by atoms with van der Waals surface area (Å²) in [6, 6.07) is 0. The van der Waals surface area contributed by atoms with Crippen LogP contribution in [-0.2, 0) is 4.74 Å². The molecule has 0 saturated carbocycles. The van der Waals surface area contributed by atoms with Crippen molar-refractivity contribution in [1.29, 1.82) is 0 Å². The van der Waals surface area contributed by atoms with E-state index in [2.05, 4.69) is 4.90 Å². The molecule has 1 N–H and O–H groups in total.